The molecule has 0 atom stereocenters. The van der Waals surface area contributed by atoms with Crippen LogP contribution in [0.5, 0.6) is 0 Å². The van der Waals surface area contributed by atoms with Gasteiger partial charge in [-0.25, -0.2) is 0 Å². The number of thiocarbonyl (C=S) groups is 1. The van der Waals surface area contributed by atoms with Gasteiger partial charge in [0.15, 0.2) is 5.11 Å². The van der Waals surface area contributed by atoms with Crippen LogP contribution in [0.3, 0.4) is 0 Å². The average Bonchev–Trinajstić information content (AvgIpc) is 2.72. The van der Waals surface area contributed by atoms with E-state index in [1.165, 1.54) is 12.8 Å². The van der Waals surface area contributed by atoms with E-state index in [2.05, 4.69) is 24.2 Å². The average molecular weight is 172 g/mol. The predicted octanol–water partition coefficient (Wildman–Crippen LogP) is 1.22. The van der Waals surface area contributed by atoms with Gasteiger partial charge >= 0.3 is 0 Å². The Morgan fingerprint density at radius 3 is 2.73 bits per heavy atom. The van der Waals surface area contributed by atoms with Gasteiger partial charge in [-0.05, 0) is 37.9 Å². The fourth-order valence-electron chi connectivity index (χ4n) is 1.06. The molecule has 1 aliphatic carbocycles. The first-order chi connectivity index (χ1) is 5.24. The molecule has 0 unspecified atom stereocenters. The highest BCUT2D eigenvalue weighted by Gasteiger charge is 2.23. The molecule has 3 heteroatoms. The van der Waals surface area contributed by atoms with Gasteiger partial charge in [-0.2, -0.15) is 0 Å². The molecule has 1 N–H and O–H groups in total. The first kappa shape index (κ1) is 8.78. The Balaban J connectivity index is 2.15. The first-order valence-corrected chi connectivity index (χ1v) is 4.63. The van der Waals surface area contributed by atoms with Crippen LogP contribution in [0.2, 0.25) is 0 Å². The summed E-state index contributed by atoms with van der Waals surface area (Å²) in [6.07, 6.45) is 2.78. The first-order valence-electron chi connectivity index (χ1n) is 4.23. The van der Waals surface area contributed by atoms with Gasteiger partial charge in [0.1, 0.15) is 0 Å². The molecule has 1 fully saturated rings. The van der Waals surface area contributed by atoms with E-state index in [1.807, 2.05) is 0 Å². The maximum absolute atomic E-state index is 5.14. The van der Waals surface area contributed by atoms with Crippen LogP contribution in [0.4, 0.5) is 0 Å². The molecule has 0 saturated heterocycles. The van der Waals surface area contributed by atoms with Crippen LogP contribution in [0.15, 0.2) is 0 Å². The fraction of sp³-hybridized carbons (Fsp3) is 0.875. The van der Waals surface area contributed by atoms with Gasteiger partial charge in [0.2, 0.25) is 0 Å². The Labute approximate surface area is 74.0 Å². The monoisotopic (exact) mass is 172 g/mol. The van der Waals surface area contributed by atoms with E-state index in [4.69, 9.17) is 12.2 Å². The van der Waals surface area contributed by atoms with Gasteiger partial charge in [-0.1, -0.05) is 0 Å². The van der Waals surface area contributed by atoms with Crippen molar-refractivity contribution < 1.29 is 0 Å². The van der Waals surface area contributed by atoms with Crippen LogP contribution in [0, 0.1) is 5.92 Å². The van der Waals surface area contributed by atoms with Crippen molar-refractivity contribution in [3.63, 3.8) is 0 Å². The molecule has 1 aliphatic rings. The van der Waals surface area contributed by atoms with Crippen molar-refractivity contribution in [1.29, 1.82) is 0 Å². The normalized spacial score (nSPS) is 16.2. The molecule has 64 valence electrons. The number of nitrogens with one attached hydrogen (secondary N) is 1. The number of hydrogen-bond acceptors (Lipinski definition) is 1. The Hall–Kier alpha value is -0.310. The molecule has 0 aromatic carbocycles. The van der Waals surface area contributed by atoms with E-state index in [1.54, 1.807) is 0 Å². The summed E-state index contributed by atoms with van der Waals surface area (Å²) >= 11 is 5.14. The Morgan fingerprint density at radius 1 is 1.64 bits per heavy atom. The van der Waals surface area contributed by atoms with Crippen LogP contribution >= 0.6 is 12.2 Å². The third-order valence-electron chi connectivity index (χ3n) is 1.90. The molecule has 0 radical (unpaired) electrons. The predicted molar refractivity (Wildman–Crippen MR) is 51.6 cm³/mol. The molecule has 0 bridgehead atoms. The molecule has 0 heterocycles. The molecule has 0 aromatic rings. The third kappa shape index (κ3) is 3.06. The van der Waals surface area contributed by atoms with Crippen LogP contribution in [0.25, 0.3) is 0 Å². The minimum Gasteiger partial charge on any atom is -0.363 e. The maximum Gasteiger partial charge on any atom is 0.168 e. The summed E-state index contributed by atoms with van der Waals surface area (Å²) in [5, 5.41) is 4.02. The lowest BCUT2D eigenvalue weighted by atomic mass is 10.4. The summed E-state index contributed by atoms with van der Waals surface area (Å²) < 4.78 is 0. The van der Waals surface area contributed by atoms with Crippen LogP contribution in [-0.4, -0.2) is 30.1 Å². The number of rotatable bonds is 3. The second-order valence-corrected chi connectivity index (χ2v) is 3.55. The summed E-state index contributed by atoms with van der Waals surface area (Å²) in [4.78, 5) is 2.14. The molecule has 0 amide bonds. The van der Waals surface area contributed by atoms with E-state index in [9.17, 15) is 0 Å². The highest BCUT2D eigenvalue weighted by atomic mass is 32.1. The van der Waals surface area contributed by atoms with Crippen LogP contribution in [-0.2, 0) is 0 Å². The molecule has 2 nitrogen and oxygen atoms in total. The molecule has 0 aromatic heterocycles. The van der Waals surface area contributed by atoms with E-state index in [0.29, 0.717) is 0 Å². The molecule has 1 saturated carbocycles. The lowest BCUT2D eigenvalue weighted by Crippen LogP contribution is -2.37. The Morgan fingerprint density at radius 2 is 2.27 bits per heavy atom. The Bertz CT molecular complexity index is 143. The van der Waals surface area contributed by atoms with Crippen molar-refractivity contribution in [3.8, 4) is 0 Å². The van der Waals surface area contributed by atoms with Crippen molar-refractivity contribution in [2.45, 2.75) is 19.8 Å². The molecular weight excluding hydrogens is 156 g/mol. The highest BCUT2D eigenvalue weighted by Crippen LogP contribution is 2.29. The van der Waals surface area contributed by atoms with Crippen LogP contribution < -0.4 is 5.32 Å². The molecule has 11 heavy (non-hydrogen) atoms. The summed E-state index contributed by atoms with van der Waals surface area (Å²) in [6, 6.07) is 0. The topological polar surface area (TPSA) is 15.3 Å². The second kappa shape index (κ2) is 3.90. The minimum absolute atomic E-state index is 0.888. The van der Waals surface area contributed by atoms with Crippen molar-refractivity contribution in [3.05, 3.63) is 0 Å². The summed E-state index contributed by atoms with van der Waals surface area (Å²) in [5.74, 6) is 0.914. The van der Waals surface area contributed by atoms with E-state index < -0.39 is 0 Å². The zero-order chi connectivity index (χ0) is 8.27. The molecule has 1 rings (SSSR count). The number of hydrogen-bond donors (Lipinski definition) is 1. The van der Waals surface area contributed by atoms with Gasteiger partial charge in [-0.3, -0.25) is 0 Å². The van der Waals surface area contributed by atoms with Gasteiger partial charge in [0.25, 0.3) is 0 Å². The van der Waals surface area contributed by atoms with E-state index >= 15 is 0 Å². The minimum atomic E-state index is 0.888. The standard InChI is InChI=1S/C8H16N2S/c1-3-9-8(11)10(2)6-7-4-5-7/h7H,3-6H2,1-2H3,(H,9,11). The summed E-state index contributed by atoms with van der Waals surface area (Å²) in [6.45, 7) is 4.12. The lowest BCUT2D eigenvalue weighted by molar-refractivity contribution is 0.468. The fourth-order valence-corrected chi connectivity index (χ4v) is 1.28. The van der Waals surface area contributed by atoms with E-state index in [0.717, 1.165) is 24.1 Å². The van der Waals surface area contributed by atoms with Gasteiger partial charge in [-0.15, -0.1) is 0 Å². The third-order valence-corrected chi connectivity index (χ3v) is 2.36. The van der Waals surface area contributed by atoms with Gasteiger partial charge in [0.05, 0.1) is 0 Å². The Kier molecular flexibility index (Phi) is 3.12. The van der Waals surface area contributed by atoms with Gasteiger partial charge in [0, 0.05) is 20.1 Å². The SMILES string of the molecule is CCNC(=S)N(C)CC1CC1. The highest BCUT2D eigenvalue weighted by molar-refractivity contribution is 7.80. The largest absolute Gasteiger partial charge is 0.363 e. The van der Waals surface area contributed by atoms with Gasteiger partial charge < -0.3 is 10.2 Å². The summed E-state index contributed by atoms with van der Waals surface area (Å²) in [5.41, 5.74) is 0. The zero-order valence-electron chi connectivity index (χ0n) is 7.26. The van der Waals surface area contributed by atoms with Crippen LogP contribution in [0.1, 0.15) is 19.8 Å². The van der Waals surface area contributed by atoms with Crippen molar-refractivity contribution in [2.24, 2.45) is 5.92 Å². The maximum atomic E-state index is 5.14. The molecule has 0 spiro atoms. The molecule has 0 aliphatic heterocycles. The second-order valence-electron chi connectivity index (χ2n) is 3.16. The number of nitrogens with zero attached hydrogens (tertiary/aromatic N) is 1. The summed E-state index contributed by atoms with van der Waals surface area (Å²) in [7, 11) is 2.06. The quantitative estimate of drug-likeness (QED) is 0.644. The van der Waals surface area contributed by atoms with Crippen molar-refractivity contribution in [1.82, 2.24) is 10.2 Å². The van der Waals surface area contributed by atoms with Crippen molar-refractivity contribution >= 4 is 17.3 Å². The van der Waals surface area contributed by atoms with Crippen molar-refractivity contribution in [2.75, 3.05) is 20.1 Å². The zero-order valence-corrected chi connectivity index (χ0v) is 8.08. The molecular formula is C8H16N2S. The van der Waals surface area contributed by atoms with E-state index in [-0.39, 0.29) is 0 Å². The lowest BCUT2D eigenvalue weighted by Gasteiger charge is -2.19. The smallest absolute Gasteiger partial charge is 0.168 e.